The summed E-state index contributed by atoms with van der Waals surface area (Å²) in [5.41, 5.74) is 2.36. The van der Waals surface area contributed by atoms with E-state index in [-0.39, 0.29) is 12.1 Å². The highest BCUT2D eigenvalue weighted by Gasteiger charge is 2.32. The van der Waals surface area contributed by atoms with Crippen molar-refractivity contribution >= 4 is 38.8 Å². The molecule has 29 heavy (non-hydrogen) atoms. The van der Waals surface area contributed by atoms with Crippen molar-refractivity contribution in [2.24, 2.45) is 0 Å². The second kappa shape index (κ2) is 8.05. The molecule has 1 aromatic heterocycles. The summed E-state index contributed by atoms with van der Waals surface area (Å²) in [6, 6.07) is 19.1. The topological polar surface area (TPSA) is 38.8 Å². The van der Waals surface area contributed by atoms with Crippen LogP contribution in [-0.2, 0) is 0 Å². The number of anilines is 2. The second-order valence-electron chi connectivity index (χ2n) is 7.78. The average molecular weight is 407 g/mol. The lowest BCUT2D eigenvalue weighted by molar-refractivity contribution is 0.246. The molecule has 1 unspecified atom stereocenters. The number of urea groups is 1. The van der Waals surface area contributed by atoms with Crippen LogP contribution in [0.2, 0.25) is 0 Å². The number of nitrogens with one attached hydrogen (secondary N) is 1. The number of fused-ring (bicyclic) bond motifs is 1. The first-order chi connectivity index (χ1) is 14.3. The molecule has 2 aromatic carbocycles. The van der Waals surface area contributed by atoms with Crippen LogP contribution in [0.3, 0.4) is 0 Å². The normalized spacial score (nSPS) is 20.4. The zero-order valence-electron chi connectivity index (χ0n) is 16.5. The van der Waals surface area contributed by atoms with Gasteiger partial charge < -0.3 is 10.2 Å². The molecule has 6 heteroatoms. The van der Waals surface area contributed by atoms with Gasteiger partial charge in [0.15, 0.2) is 0 Å². The van der Waals surface area contributed by atoms with Crippen molar-refractivity contribution in [3.63, 3.8) is 0 Å². The Kier molecular flexibility index (Phi) is 5.12. The summed E-state index contributed by atoms with van der Waals surface area (Å²) in [7, 11) is 0. The maximum Gasteiger partial charge on any atom is 0.322 e. The SMILES string of the molecule is O=C1NCC(CCN2CCN(c3cccc4ccsc34)CC2)N1c1ccccc1. The van der Waals surface area contributed by atoms with Gasteiger partial charge in [0.05, 0.1) is 16.4 Å². The van der Waals surface area contributed by atoms with Crippen molar-refractivity contribution in [3.05, 3.63) is 60.0 Å². The van der Waals surface area contributed by atoms with E-state index in [1.54, 1.807) is 0 Å². The number of nitrogens with zero attached hydrogens (tertiary/aromatic N) is 3. The van der Waals surface area contributed by atoms with Crippen molar-refractivity contribution in [3.8, 4) is 0 Å². The molecule has 0 radical (unpaired) electrons. The molecule has 3 heterocycles. The van der Waals surface area contributed by atoms with Gasteiger partial charge in [-0.1, -0.05) is 30.3 Å². The van der Waals surface area contributed by atoms with Crippen LogP contribution in [0.1, 0.15) is 6.42 Å². The van der Waals surface area contributed by atoms with Gasteiger partial charge in [-0.3, -0.25) is 9.80 Å². The van der Waals surface area contributed by atoms with Crippen molar-refractivity contribution in [1.82, 2.24) is 10.2 Å². The van der Waals surface area contributed by atoms with Crippen LogP contribution in [0.4, 0.5) is 16.2 Å². The Hall–Kier alpha value is -2.57. The number of thiophene rings is 1. The number of carbonyl (C=O) groups is 1. The quantitative estimate of drug-likeness (QED) is 0.696. The van der Waals surface area contributed by atoms with Crippen LogP contribution in [0.15, 0.2) is 60.0 Å². The van der Waals surface area contributed by atoms with E-state index in [0.29, 0.717) is 0 Å². The van der Waals surface area contributed by atoms with E-state index in [4.69, 9.17) is 0 Å². The van der Waals surface area contributed by atoms with Crippen LogP contribution >= 0.6 is 11.3 Å². The van der Waals surface area contributed by atoms with Crippen molar-refractivity contribution < 1.29 is 4.79 Å². The maximum absolute atomic E-state index is 12.3. The fraction of sp³-hybridized carbons (Fsp3) is 0.348. The van der Waals surface area contributed by atoms with E-state index in [9.17, 15) is 4.79 Å². The van der Waals surface area contributed by atoms with Crippen LogP contribution in [0.25, 0.3) is 10.1 Å². The van der Waals surface area contributed by atoms with Crippen molar-refractivity contribution in [1.29, 1.82) is 0 Å². The Bertz CT molecular complexity index is 981. The summed E-state index contributed by atoms with van der Waals surface area (Å²) in [4.78, 5) is 19.3. The fourth-order valence-electron chi connectivity index (χ4n) is 4.47. The number of amides is 2. The molecular formula is C23H26N4OS. The lowest BCUT2D eigenvalue weighted by Crippen LogP contribution is -2.47. The Morgan fingerprint density at radius 1 is 0.966 bits per heavy atom. The molecule has 0 spiro atoms. The molecule has 2 fully saturated rings. The number of carbonyl (C=O) groups excluding carboxylic acids is 1. The third-order valence-electron chi connectivity index (χ3n) is 6.06. The first-order valence-electron chi connectivity index (χ1n) is 10.4. The summed E-state index contributed by atoms with van der Waals surface area (Å²) in [6.07, 6.45) is 0.994. The smallest absolute Gasteiger partial charge is 0.322 e. The first-order valence-corrected chi connectivity index (χ1v) is 11.2. The summed E-state index contributed by atoms with van der Waals surface area (Å²) in [5, 5.41) is 6.53. The summed E-state index contributed by atoms with van der Waals surface area (Å²) < 4.78 is 1.40. The van der Waals surface area contributed by atoms with Gasteiger partial charge in [0.25, 0.3) is 0 Å². The molecule has 2 aliphatic heterocycles. The monoisotopic (exact) mass is 406 g/mol. The average Bonchev–Trinajstić information content (AvgIpc) is 3.39. The Balaban J connectivity index is 1.18. The molecule has 0 bridgehead atoms. The van der Waals surface area contributed by atoms with E-state index in [0.717, 1.165) is 51.4 Å². The van der Waals surface area contributed by atoms with Gasteiger partial charge in [-0.05, 0) is 41.5 Å². The van der Waals surface area contributed by atoms with Gasteiger partial charge >= 0.3 is 6.03 Å². The largest absolute Gasteiger partial charge is 0.368 e. The fourth-order valence-corrected chi connectivity index (χ4v) is 5.41. The molecule has 5 nitrogen and oxygen atoms in total. The predicted octanol–water partition coefficient (Wildman–Crippen LogP) is 4.01. The molecule has 2 amide bonds. The standard InChI is InChI=1S/C23H26N4OS/c28-23-24-17-20(27(23)19-6-2-1-3-7-19)9-11-25-12-14-26(15-13-25)21-8-4-5-18-10-16-29-22(18)21/h1-8,10,16,20H,9,11-15,17H2,(H,24,28). The Labute approximate surface area is 175 Å². The second-order valence-corrected chi connectivity index (χ2v) is 8.69. The Morgan fingerprint density at radius 3 is 2.62 bits per heavy atom. The van der Waals surface area contributed by atoms with Gasteiger partial charge in [-0.15, -0.1) is 11.3 Å². The van der Waals surface area contributed by atoms with E-state index < -0.39 is 0 Å². The molecule has 3 aromatic rings. The molecule has 2 aliphatic rings. The molecule has 150 valence electrons. The minimum atomic E-state index is 0.0232. The van der Waals surface area contributed by atoms with Crippen LogP contribution in [0.5, 0.6) is 0 Å². The minimum absolute atomic E-state index is 0.0232. The predicted molar refractivity (Wildman–Crippen MR) is 121 cm³/mol. The zero-order valence-corrected chi connectivity index (χ0v) is 17.3. The summed E-state index contributed by atoms with van der Waals surface area (Å²) in [5.74, 6) is 0. The van der Waals surface area contributed by atoms with Gasteiger partial charge in [0, 0.05) is 45.0 Å². The Morgan fingerprint density at radius 2 is 1.79 bits per heavy atom. The molecule has 2 saturated heterocycles. The van der Waals surface area contributed by atoms with E-state index in [2.05, 4.69) is 44.8 Å². The lowest BCUT2D eigenvalue weighted by Gasteiger charge is -2.37. The lowest BCUT2D eigenvalue weighted by atomic mass is 10.1. The summed E-state index contributed by atoms with van der Waals surface area (Å²) >= 11 is 1.83. The van der Waals surface area contributed by atoms with Crippen molar-refractivity contribution in [2.75, 3.05) is 49.1 Å². The van der Waals surface area contributed by atoms with E-state index >= 15 is 0 Å². The third kappa shape index (κ3) is 3.70. The third-order valence-corrected chi connectivity index (χ3v) is 7.01. The van der Waals surface area contributed by atoms with E-state index in [1.165, 1.54) is 15.8 Å². The van der Waals surface area contributed by atoms with E-state index in [1.807, 2.05) is 46.6 Å². The number of piperazine rings is 1. The van der Waals surface area contributed by atoms with Crippen molar-refractivity contribution in [2.45, 2.75) is 12.5 Å². The molecule has 0 saturated carbocycles. The van der Waals surface area contributed by atoms with Crippen LogP contribution in [-0.4, -0.2) is 56.2 Å². The van der Waals surface area contributed by atoms with Gasteiger partial charge in [-0.2, -0.15) is 0 Å². The van der Waals surface area contributed by atoms with Gasteiger partial charge in [-0.25, -0.2) is 4.79 Å². The summed E-state index contributed by atoms with van der Waals surface area (Å²) in [6.45, 7) is 6.01. The number of rotatable bonds is 5. The highest BCUT2D eigenvalue weighted by molar-refractivity contribution is 7.17. The molecular weight excluding hydrogens is 380 g/mol. The zero-order chi connectivity index (χ0) is 19.6. The van der Waals surface area contributed by atoms with Crippen LogP contribution < -0.4 is 15.1 Å². The highest BCUT2D eigenvalue weighted by Crippen LogP contribution is 2.32. The van der Waals surface area contributed by atoms with Gasteiger partial charge in [0.2, 0.25) is 0 Å². The number of hydrogen-bond acceptors (Lipinski definition) is 4. The number of para-hydroxylation sites is 1. The molecule has 0 aliphatic carbocycles. The van der Waals surface area contributed by atoms with Crippen LogP contribution in [0, 0.1) is 0 Å². The minimum Gasteiger partial charge on any atom is -0.368 e. The maximum atomic E-state index is 12.3. The first kappa shape index (κ1) is 18.5. The van der Waals surface area contributed by atoms with Gasteiger partial charge in [0.1, 0.15) is 0 Å². The highest BCUT2D eigenvalue weighted by atomic mass is 32.1. The molecule has 5 rings (SSSR count). The molecule has 1 N–H and O–H groups in total. The number of benzene rings is 2. The molecule has 1 atom stereocenters. The number of hydrogen-bond donors (Lipinski definition) is 1.